The van der Waals surface area contributed by atoms with Gasteiger partial charge in [-0.3, -0.25) is 0 Å². The van der Waals surface area contributed by atoms with E-state index in [2.05, 4.69) is 4.40 Å². The molecule has 0 saturated carbocycles. The highest BCUT2D eigenvalue weighted by Gasteiger charge is 2.30. The summed E-state index contributed by atoms with van der Waals surface area (Å²) in [4.78, 5) is 0. The SMILES string of the molecule is CC(C)(C)[S@@+]([O-])/N=C/C(F)(F)F. The lowest BCUT2D eigenvalue weighted by molar-refractivity contribution is -0.0534. The third kappa shape index (κ3) is 5.42. The number of nitrogens with zero attached hydrogens (tertiary/aromatic N) is 1. The number of rotatable bonds is 1. The molecule has 0 radical (unpaired) electrons. The number of alkyl halides is 3. The van der Waals surface area contributed by atoms with Crippen LogP contribution in [-0.4, -0.2) is 21.7 Å². The molecule has 0 N–H and O–H groups in total. The third-order valence-corrected chi connectivity index (χ3v) is 2.16. The summed E-state index contributed by atoms with van der Waals surface area (Å²) in [7, 11) is 0. The Kier molecular flexibility index (Phi) is 3.59. The zero-order valence-electron chi connectivity index (χ0n) is 6.97. The average Bonchev–Trinajstić information content (AvgIpc) is 1.78. The Morgan fingerprint density at radius 2 is 1.67 bits per heavy atom. The van der Waals surface area contributed by atoms with E-state index in [9.17, 15) is 17.7 Å². The number of hydrogen-bond donors (Lipinski definition) is 0. The molecule has 2 nitrogen and oxygen atoms in total. The van der Waals surface area contributed by atoms with Crippen LogP contribution in [0.15, 0.2) is 4.40 Å². The monoisotopic (exact) mass is 201 g/mol. The van der Waals surface area contributed by atoms with Gasteiger partial charge in [0.1, 0.15) is 16.1 Å². The first-order valence-electron chi connectivity index (χ1n) is 3.17. The summed E-state index contributed by atoms with van der Waals surface area (Å²) in [5, 5.41) is 0. The van der Waals surface area contributed by atoms with E-state index in [0.29, 0.717) is 0 Å². The predicted molar refractivity (Wildman–Crippen MR) is 42.4 cm³/mol. The van der Waals surface area contributed by atoms with Gasteiger partial charge in [-0.15, -0.1) is 0 Å². The molecule has 0 unspecified atom stereocenters. The van der Waals surface area contributed by atoms with Gasteiger partial charge in [0.05, 0.1) is 0 Å². The minimum atomic E-state index is -4.49. The lowest BCUT2D eigenvalue weighted by Gasteiger charge is -2.17. The third-order valence-electron chi connectivity index (χ3n) is 0.819. The maximum Gasteiger partial charge on any atom is 0.430 e. The van der Waals surface area contributed by atoms with Crippen molar-refractivity contribution in [1.82, 2.24) is 0 Å². The molecule has 0 spiro atoms. The summed E-state index contributed by atoms with van der Waals surface area (Å²) in [6, 6.07) is 0. The summed E-state index contributed by atoms with van der Waals surface area (Å²) in [6.45, 7) is 4.66. The molecule has 0 aliphatic carbocycles. The molecule has 0 bridgehead atoms. The van der Waals surface area contributed by atoms with Gasteiger partial charge in [0.2, 0.25) is 0 Å². The summed E-state index contributed by atoms with van der Waals surface area (Å²) in [6.07, 6.45) is -4.73. The molecule has 0 aliphatic heterocycles. The van der Waals surface area contributed by atoms with Gasteiger partial charge < -0.3 is 4.55 Å². The quantitative estimate of drug-likeness (QED) is 0.472. The Labute approximate surface area is 72.2 Å². The lowest BCUT2D eigenvalue weighted by atomic mass is 10.3. The van der Waals surface area contributed by atoms with E-state index in [-0.39, 0.29) is 6.21 Å². The fourth-order valence-electron chi connectivity index (χ4n) is 0.266. The minimum Gasteiger partial charge on any atom is -0.591 e. The molecule has 0 amide bonds. The number of hydrogen-bond acceptors (Lipinski definition) is 2. The second-order valence-corrected chi connectivity index (χ2v) is 5.07. The van der Waals surface area contributed by atoms with Gasteiger partial charge in [-0.05, 0) is 20.8 Å². The maximum atomic E-state index is 11.5. The Morgan fingerprint density at radius 1 is 1.25 bits per heavy atom. The first-order valence-corrected chi connectivity index (χ1v) is 4.27. The maximum absolute atomic E-state index is 11.5. The van der Waals surface area contributed by atoms with E-state index >= 15 is 0 Å². The fourth-order valence-corrected chi connectivity index (χ4v) is 0.797. The van der Waals surface area contributed by atoms with Gasteiger partial charge in [0.15, 0.2) is 6.21 Å². The molecule has 0 saturated heterocycles. The zero-order valence-corrected chi connectivity index (χ0v) is 7.79. The highest BCUT2D eigenvalue weighted by molar-refractivity contribution is 7.91. The molecule has 0 fully saturated rings. The molecule has 0 heterocycles. The van der Waals surface area contributed by atoms with E-state index < -0.39 is 22.3 Å². The van der Waals surface area contributed by atoms with Crippen molar-refractivity contribution in [1.29, 1.82) is 0 Å². The molecule has 0 rings (SSSR count). The molecule has 0 aromatic rings. The molecular formula is C6H10F3NOS. The van der Waals surface area contributed by atoms with Crippen molar-refractivity contribution >= 4 is 17.6 Å². The summed E-state index contributed by atoms with van der Waals surface area (Å²) >= 11 is -1.83. The van der Waals surface area contributed by atoms with Crippen molar-refractivity contribution in [3.63, 3.8) is 0 Å². The van der Waals surface area contributed by atoms with Gasteiger partial charge in [0, 0.05) is 0 Å². The highest BCUT2D eigenvalue weighted by Crippen LogP contribution is 2.18. The molecule has 0 aromatic carbocycles. The molecule has 72 valence electrons. The van der Waals surface area contributed by atoms with Crippen LogP contribution >= 0.6 is 0 Å². The van der Waals surface area contributed by atoms with Gasteiger partial charge in [0.25, 0.3) is 0 Å². The summed E-state index contributed by atoms with van der Waals surface area (Å²) < 4.78 is 47.6. The van der Waals surface area contributed by atoms with Crippen molar-refractivity contribution in [3.05, 3.63) is 0 Å². The topological polar surface area (TPSA) is 35.4 Å². The lowest BCUT2D eigenvalue weighted by Crippen LogP contribution is -2.27. The van der Waals surface area contributed by atoms with Crippen LogP contribution in [0.25, 0.3) is 0 Å². The van der Waals surface area contributed by atoms with Crippen LogP contribution in [0.2, 0.25) is 0 Å². The highest BCUT2D eigenvalue weighted by atomic mass is 32.2. The smallest absolute Gasteiger partial charge is 0.430 e. The first kappa shape index (κ1) is 11.8. The summed E-state index contributed by atoms with van der Waals surface area (Å²) in [5.41, 5.74) is 0. The fraction of sp³-hybridized carbons (Fsp3) is 0.833. The van der Waals surface area contributed by atoms with Crippen LogP contribution in [-0.2, 0) is 11.4 Å². The largest absolute Gasteiger partial charge is 0.591 e. The molecule has 0 aliphatic rings. The standard InChI is InChI=1S/C6H10F3NOS/c1-5(2,3)12(11)10-4-6(7,8)9/h4H,1-3H3/b10-4+/t12-/m1/s1. The minimum absolute atomic E-state index is 0.242. The van der Waals surface area contributed by atoms with Crippen molar-refractivity contribution in [2.75, 3.05) is 0 Å². The molecule has 12 heavy (non-hydrogen) atoms. The van der Waals surface area contributed by atoms with Gasteiger partial charge in [-0.1, -0.05) is 4.40 Å². The van der Waals surface area contributed by atoms with Crippen molar-refractivity contribution < 1.29 is 17.7 Å². The Bertz CT molecular complexity index is 173. The van der Waals surface area contributed by atoms with E-state index in [1.165, 1.54) is 0 Å². The molecule has 1 atom stereocenters. The molecule has 6 heteroatoms. The number of halogens is 3. The first-order chi connectivity index (χ1) is 5.13. The van der Waals surface area contributed by atoms with Crippen molar-refractivity contribution in [2.45, 2.75) is 31.7 Å². The van der Waals surface area contributed by atoms with Crippen LogP contribution in [0, 0.1) is 0 Å². The van der Waals surface area contributed by atoms with E-state index in [1.54, 1.807) is 20.8 Å². The van der Waals surface area contributed by atoms with E-state index in [0.717, 1.165) is 0 Å². The Morgan fingerprint density at radius 3 is 1.92 bits per heavy atom. The zero-order chi connectivity index (χ0) is 9.99. The van der Waals surface area contributed by atoms with Gasteiger partial charge >= 0.3 is 6.18 Å². The van der Waals surface area contributed by atoms with E-state index in [4.69, 9.17) is 0 Å². The average molecular weight is 201 g/mol. The van der Waals surface area contributed by atoms with E-state index in [1.807, 2.05) is 0 Å². The second kappa shape index (κ2) is 3.66. The van der Waals surface area contributed by atoms with Crippen molar-refractivity contribution in [2.24, 2.45) is 4.40 Å². The van der Waals surface area contributed by atoms with Gasteiger partial charge in [-0.25, -0.2) is 0 Å². The molecular weight excluding hydrogens is 191 g/mol. The van der Waals surface area contributed by atoms with Crippen LogP contribution in [0.3, 0.4) is 0 Å². The van der Waals surface area contributed by atoms with Crippen LogP contribution in [0.5, 0.6) is 0 Å². The van der Waals surface area contributed by atoms with Crippen molar-refractivity contribution in [3.8, 4) is 0 Å². The summed E-state index contributed by atoms with van der Waals surface area (Å²) in [5.74, 6) is 0. The van der Waals surface area contributed by atoms with Crippen LogP contribution in [0.4, 0.5) is 13.2 Å². The molecule has 0 aromatic heterocycles. The Balaban J connectivity index is 4.19. The predicted octanol–water partition coefficient (Wildman–Crippen LogP) is 2.08. The Hall–Kier alpha value is -0.230. The van der Waals surface area contributed by atoms with Crippen LogP contribution in [0.1, 0.15) is 20.8 Å². The second-order valence-electron chi connectivity index (χ2n) is 3.14. The normalized spacial score (nSPS) is 16.9. The van der Waals surface area contributed by atoms with Gasteiger partial charge in [-0.2, -0.15) is 13.2 Å². The van der Waals surface area contributed by atoms with Crippen LogP contribution < -0.4 is 0 Å².